The summed E-state index contributed by atoms with van der Waals surface area (Å²) in [6.07, 6.45) is 1.07. The number of anilines is 1. The molecule has 0 aliphatic rings. The zero-order valence-corrected chi connectivity index (χ0v) is 18.5. The van der Waals surface area contributed by atoms with Crippen LogP contribution in [0.1, 0.15) is 42.1 Å². The van der Waals surface area contributed by atoms with Crippen molar-refractivity contribution < 1.29 is 13.6 Å². The molecule has 162 valence electrons. The third kappa shape index (κ3) is 4.84. The standard InChI is InChI=1S/C25H22FN3O2S/c1-3-15(2)18-8-13-22-21(14-18)28-24(31-22)17-6-11-20(12-7-17)27-25(32)29-23(30)16-4-9-19(26)10-5-16/h4-15H,3H2,1-2H3,(H2,27,29,30,32)/t15-/m1/s1. The summed E-state index contributed by atoms with van der Waals surface area (Å²) in [6.45, 7) is 4.36. The fourth-order valence-electron chi connectivity index (χ4n) is 3.25. The van der Waals surface area contributed by atoms with Crippen molar-refractivity contribution in [3.05, 3.63) is 83.7 Å². The van der Waals surface area contributed by atoms with Crippen LogP contribution in [0.5, 0.6) is 0 Å². The van der Waals surface area contributed by atoms with E-state index >= 15 is 0 Å². The second-order valence-corrected chi connectivity index (χ2v) is 7.96. The second-order valence-electron chi connectivity index (χ2n) is 7.55. The molecule has 3 aromatic carbocycles. The quantitative estimate of drug-likeness (QED) is 0.353. The highest BCUT2D eigenvalue weighted by Gasteiger charge is 2.12. The van der Waals surface area contributed by atoms with Crippen molar-refractivity contribution in [3.8, 4) is 11.5 Å². The highest BCUT2D eigenvalue weighted by atomic mass is 32.1. The van der Waals surface area contributed by atoms with Crippen molar-refractivity contribution >= 4 is 40.0 Å². The summed E-state index contributed by atoms with van der Waals surface area (Å²) in [6, 6.07) is 18.8. The van der Waals surface area contributed by atoms with Gasteiger partial charge in [0.2, 0.25) is 5.89 Å². The van der Waals surface area contributed by atoms with Crippen molar-refractivity contribution in [2.24, 2.45) is 0 Å². The summed E-state index contributed by atoms with van der Waals surface area (Å²) < 4.78 is 18.9. The van der Waals surface area contributed by atoms with Gasteiger partial charge in [0.15, 0.2) is 10.7 Å². The molecule has 4 aromatic rings. The second kappa shape index (κ2) is 9.28. The first-order valence-corrected chi connectivity index (χ1v) is 10.7. The van der Waals surface area contributed by atoms with Crippen LogP contribution >= 0.6 is 12.2 Å². The van der Waals surface area contributed by atoms with E-state index in [9.17, 15) is 9.18 Å². The molecule has 5 nitrogen and oxygen atoms in total. The predicted molar refractivity (Wildman–Crippen MR) is 128 cm³/mol. The molecule has 0 saturated carbocycles. The average Bonchev–Trinajstić information content (AvgIpc) is 3.22. The number of rotatable bonds is 5. The molecule has 0 fully saturated rings. The molecule has 2 N–H and O–H groups in total. The molecule has 0 spiro atoms. The fraction of sp³-hybridized carbons (Fsp3) is 0.160. The lowest BCUT2D eigenvalue weighted by atomic mass is 9.98. The molecule has 1 heterocycles. The minimum atomic E-state index is -0.414. The predicted octanol–water partition coefficient (Wildman–Crippen LogP) is 6.27. The van der Waals surface area contributed by atoms with Crippen molar-refractivity contribution in [3.63, 3.8) is 0 Å². The number of aromatic nitrogens is 1. The SMILES string of the molecule is CC[C@@H](C)c1ccc2oc(-c3ccc(NC(=S)NC(=O)c4ccc(F)cc4)cc3)nc2c1. The van der Waals surface area contributed by atoms with Gasteiger partial charge in [-0.3, -0.25) is 10.1 Å². The van der Waals surface area contributed by atoms with E-state index in [2.05, 4.69) is 41.6 Å². The van der Waals surface area contributed by atoms with Gasteiger partial charge in [0.1, 0.15) is 11.3 Å². The Morgan fingerprint density at radius 2 is 1.81 bits per heavy atom. The highest BCUT2D eigenvalue weighted by molar-refractivity contribution is 7.80. The molecule has 0 aliphatic carbocycles. The molecule has 32 heavy (non-hydrogen) atoms. The molecule has 1 atom stereocenters. The first kappa shape index (κ1) is 21.6. The lowest BCUT2D eigenvalue weighted by Crippen LogP contribution is -2.34. The van der Waals surface area contributed by atoms with Crippen LogP contribution in [0.25, 0.3) is 22.6 Å². The van der Waals surface area contributed by atoms with Crippen molar-refractivity contribution in [2.45, 2.75) is 26.2 Å². The number of carbonyl (C=O) groups excluding carboxylic acids is 1. The number of hydrogen-bond acceptors (Lipinski definition) is 4. The lowest BCUT2D eigenvalue weighted by molar-refractivity contribution is 0.0977. The van der Waals surface area contributed by atoms with Crippen LogP contribution < -0.4 is 10.6 Å². The van der Waals surface area contributed by atoms with Crippen molar-refractivity contribution in [2.75, 3.05) is 5.32 Å². The van der Waals surface area contributed by atoms with Crippen molar-refractivity contribution in [1.29, 1.82) is 0 Å². The minimum Gasteiger partial charge on any atom is -0.436 e. The maximum absolute atomic E-state index is 13.0. The molecular weight excluding hydrogens is 425 g/mol. The molecule has 1 amide bonds. The Bertz CT molecular complexity index is 1270. The van der Waals surface area contributed by atoms with E-state index < -0.39 is 11.7 Å². The Kier molecular flexibility index (Phi) is 6.28. The number of nitrogens with one attached hydrogen (secondary N) is 2. The number of fused-ring (bicyclic) bond motifs is 1. The van der Waals surface area contributed by atoms with Crippen LogP contribution in [0.2, 0.25) is 0 Å². The van der Waals surface area contributed by atoms with Gasteiger partial charge in [-0.05, 0) is 90.8 Å². The normalized spacial score (nSPS) is 11.8. The largest absolute Gasteiger partial charge is 0.436 e. The van der Waals surface area contributed by atoms with Gasteiger partial charge < -0.3 is 9.73 Å². The van der Waals surface area contributed by atoms with Crippen LogP contribution in [0.3, 0.4) is 0 Å². The number of oxazole rings is 1. The van der Waals surface area contributed by atoms with Gasteiger partial charge in [0.25, 0.3) is 5.91 Å². The summed E-state index contributed by atoms with van der Waals surface area (Å²) in [4.78, 5) is 16.8. The first-order chi connectivity index (χ1) is 15.4. The summed E-state index contributed by atoms with van der Waals surface area (Å²) in [5.74, 6) is 0.192. The first-order valence-electron chi connectivity index (χ1n) is 10.3. The van der Waals surface area contributed by atoms with E-state index in [1.165, 1.54) is 29.8 Å². The number of halogens is 1. The molecule has 0 bridgehead atoms. The van der Waals surface area contributed by atoms with E-state index in [1.54, 1.807) is 0 Å². The van der Waals surface area contributed by atoms with E-state index in [0.717, 1.165) is 23.1 Å². The number of amides is 1. The van der Waals surface area contributed by atoms with Gasteiger partial charge in [0.05, 0.1) is 0 Å². The molecule has 0 saturated heterocycles. The number of benzene rings is 3. The molecule has 0 unspecified atom stereocenters. The Balaban J connectivity index is 1.43. The van der Waals surface area contributed by atoms with Crippen LogP contribution in [0.4, 0.5) is 10.1 Å². The van der Waals surface area contributed by atoms with Gasteiger partial charge in [-0.2, -0.15) is 0 Å². The van der Waals surface area contributed by atoms with E-state index in [4.69, 9.17) is 16.6 Å². The van der Waals surface area contributed by atoms with E-state index in [0.29, 0.717) is 23.1 Å². The Labute approximate surface area is 190 Å². The van der Waals surface area contributed by atoms with Gasteiger partial charge in [-0.1, -0.05) is 19.9 Å². The third-order valence-corrected chi connectivity index (χ3v) is 5.52. The smallest absolute Gasteiger partial charge is 0.257 e. The lowest BCUT2D eigenvalue weighted by Gasteiger charge is -2.10. The van der Waals surface area contributed by atoms with E-state index in [-0.39, 0.29) is 5.11 Å². The zero-order valence-electron chi connectivity index (χ0n) is 17.7. The minimum absolute atomic E-state index is 0.145. The van der Waals surface area contributed by atoms with E-state index in [1.807, 2.05) is 30.3 Å². The molecule has 7 heteroatoms. The van der Waals surface area contributed by atoms with Crippen LogP contribution in [0, 0.1) is 5.82 Å². The summed E-state index contributed by atoms with van der Waals surface area (Å²) in [7, 11) is 0. The number of thiocarbonyl (C=S) groups is 1. The summed E-state index contributed by atoms with van der Waals surface area (Å²) in [5.41, 5.74) is 4.68. The van der Waals surface area contributed by atoms with Gasteiger partial charge in [0, 0.05) is 16.8 Å². The Morgan fingerprint density at radius 3 is 2.50 bits per heavy atom. The monoisotopic (exact) mass is 447 g/mol. The third-order valence-electron chi connectivity index (χ3n) is 5.32. The molecule has 0 aliphatic heterocycles. The molecule has 4 rings (SSSR count). The molecule has 0 radical (unpaired) electrons. The molecule has 1 aromatic heterocycles. The summed E-state index contributed by atoms with van der Waals surface area (Å²) in [5, 5.41) is 5.68. The van der Waals surface area contributed by atoms with Crippen LogP contribution in [-0.4, -0.2) is 16.0 Å². The van der Waals surface area contributed by atoms with Gasteiger partial charge >= 0.3 is 0 Å². The molecular formula is C25H22FN3O2S. The maximum atomic E-state index is 13.0. The number of nitrogens with zero attached hydrogens (tertiary/aromatic N) is 1. The number of hydrogen-bond donors (Lipinski definition) is 2. The van der Waals surface area contributed by atoms with Crippen LogP contribution in [0.15, 0.2) is 71.1 Å². The Morgan fingerprint density at radius 1 is 1.09 bits per heavy atom. The fourth-order valence-corrected chi connectivity index (χ4v) is 3.46. The summed E-state index contributed by atoms with van der Waals surface area (Å²) >= 11 is 5.20. The Hall–Kier alpha value is -3.58. The topological polar surface area (TPSA) is 67.2 Å². The van der Waals surface area contributed by atoms with Crippen molar-refractivity contribution in [1.82, 2.24) is 10.3 Å². The van der Waals surface area contributed by atoms with Gasteiger partial charge in [-0.15, -0.1) is 0 Å². The average molecular weight is 448 g/mol. The zero-order chi connectivity index (χ0) is 22.7. The van der Waals surface area contributed by atoms with Crippen LogP contribution in [-0.2, 0) is 0 Å². The highest BCUT2D eigenvalue weighted by Crippen LogP contribution is 2.28. The van der Waals surface area contributed by atoms with Gasteiger partial charge in [-0.25, -0.2) is 9.37 Å². The maximum Gasteiger partial charge on any atom is 0.257 e. The number of carbonyl (C=O) groups is 1.